The monoisotopic (exact) mass is 494 g/mol. The van der Waals surface area contributed by atoms with Crippen LogP contribution in [0.25, 0.3) is 0 Å². The van der Waals surface area contributed by atoms with E-state index in [2.05, 4.69) is 44.3 Å². The summed E-state index contributed by atoms with van der Waals surface area (Å²) in [4.78, 5) is 12.9. The Bertz CT molecular complexity index is 790. The molecule has 3 aliphatic heterocycles. The third kappa shape index (κ3) is 9.33. The van der Waals surface area contributed by atoms with Crippen LogP contribution in [0.15, 0.2) is 36.0 Å². The van der Waals surface area contributed by atoms with Crippen LogP contribution in [0.3, 0.4) is 0 Å². The van der Waals surface area contributed by atoms with Crippen LogP contribution < -0.4 is 5.32 Å². The minimum absolute atomic E-state index is 0.0171. The van der Waals surface area contributed by atoms with Gasteiger partial charge in [0.1, 0.15) is 12.3 Å². The summed E-state index contributed by atoms with van der Waals surface area (Å²) in [6.07, 6.45) is 9.94. The van der Waals surface area contributed by atoms with Crippen molar-refractivity contribution in [2.45, 2.75) is 88.9 Å². The summed E-state index contributed by atoms with van der Waals surface area (Å²) < 4.78 is 28.7. The van der Waals surface area contributed by atoms with E-state index in [0.29, 0.717) is 19.6 Å². The fourth-order valence-electron chi connectivity index (χ4n) is 4.38. The van der Waals surface area contributed by atoms with Crippen LogP contribution in [0.1, 0.15) is 47.0 Å². The minimum Gasteiger partial charge on any atom is -0.442 e. The highest BCUT2D eigenvalue weighted by Gasteiger charge is 2.53. The molecule has 0 bridgehead atoms. The second-order valence-electron chi connectivity index (χ2n) is 10.6. The molecule has 3 rings (SSSR count). The molecule has 0 aromatic carbocycles. The van der Waals surface area contributed by atoms with Gasteiger partial charge in [-0.3, -0.25) is 5.32 Å². The maximum absolute atomic E-state index is 11.5. The molecule has 1 amide bonds. The molecule has 0 saturated carbocycles. The maximum Gasteiger partial charge on any atom is 0.409 e. The third-order valence-electron chi connectivity index (χ3n) is 6.14. The lowest BCUT2D eigenvalue weighted by Crippen LogP contribution is -2.48. The zero-order valence-electron chi connectivity index (χ0n) is 21.9. The summed E-state index contributed by atoms with van der Waals surface area (Å²) in [6.45, 7) is 9.72. The number of allylic oxidation sites excluding steroid dienone is 2. The van der Waals surface area contributed by atoms with E-state index in [1.165, 1.54) is 4.90 Å². The van der Waals surface area contributed by atoms with E-state index in [4.69, 9.17) is 23.7 Å². The minimum atomic E-state index is -0.899. The molecule has 4 atom stereocenters. The first kappa shape index (κ1) is 27.8. The average Bonchev–Trinajstić information content (AvgIpc) is 3.51. The molecule has 3 aliphatic rings. The van der Waals surface area contributed by atoms with Gasteiger partial charge in [-0.1, -0.05) is 23.8 Å². The number of ether oxygens (including phenoxy) is 5. The molecule has 3 fully saturated rings. The smallest absolute Gasteiger partial charge is 0.409 e. The Morgan fingerprint density at radius 1 is 1.26 bits per heavy atom. The Kier molecular flexibility index (Phi) is 9.53. The largest absolute Gasteiger partial charge is 0.442 e. The number of hydrogen-bond acceptors (Lipinski definition) is 8. The Morgan fingerprint density at radius 2 is 1.94 bits per heavy atom. The first-order valence-electron chi connectivity index (χ1n) is 12.4. The van der Waals surface area contributed by atoms with Gasteiger partial charge in [-0.25, -0.2) is 4.79 Å². The molecule has 0 aromatic rings. The number of aliphatic hydroxyl groups is 1. The topological polar surface area (TPSA) is 102 Å². The van der Waals surface area contributed by atoms with Crippen LogP contribution >= 0.6 is 0 Å². The lowest BCUT2D eigenvalue weighted by Gasteiger charge is -2.38. The highest BCUT2D eigenvalue weighted by Crippen LogP contribution is 2.46. The van der Waals surface area contributed by atoms with Gasteiger partial charge in [0.05, 0.1) is 43.2 Å². The fraction of sp³-hybridized carbons (Fsp3) is 0.731. The van der Waals surface area contributed by atoms with Gasteiger partial charge in [-0.05, 0) is 39.8 Å². The van der Waals surface area contributed by atoms with Crippen molar-refractivity contribution in [3.63, 3.8) is 0 Å². The molecule has 2 N–H and O–H groups in total. The molecule has 3 heterocycles. The number of aliphatic hydroxyl groups excluding tert-OH is 1. The van der Waals surface area contributed by atoms with Crippen molar-refractivity contribution < 1.29 is 33.6 Å². The second-order valence-corrected chi connectivity index (χ2v) is 10.6. The van der Waals surface area contributed by atoms with Gasteiger partial charge in [-0.2, -0.15) is 0 Å². The van der Waals surface area contributed by atoms with E-state index in [-0.39, 0.29) is 29.6 Å². The summed E-state index contributed by atoms with van der Waals surface area (Å²) >= 11 is 0. The van der Waals surface area contributed by atoms with E-state index in [9.17, 15) is 9.90 Å². The summed E-state index contributed by atoms with van der Waals surface area (Å²) in [6, 6.07) is -0.140. The number of carbonyl (C=O) groups excluding carboxylic acids is 1. The van der Waals surface area contributed by atoms with Crippen LogP contribution in [-0.4, -0.2) is 92.0 Å². The third-order valence-corrected chi connectivity index (χ3v) is 6.14. The molecule has 9 nitrogen and oxygen atoms in total. The van der Waals surface area contributed by atoms with E-state index in [0.717, 1.165) is 25.0 Å². The molecule has 1 spiro atoms. The Hall–Kier alpha value is -1.75. The lowest BCUT2D eigenvalue weighted by molar-refractivity contribution is -0.189. The second kappa shape index (κ2) is 12.0. The van der Waals surface area contributed by atoms with E-state index in [1.807, 2.05) is 0 Å². The Balaban J connectivity index is 1.35. The van der Waals surface area contributed by atoms with Gasteiger partial charge in [0.25, 0.3) is 0 Å². The van der Waals surface area contributed by atoms with Crippen LogP contribution in [0, 0.1) is 0 Å². The molecule has 0 aromatic heterocycles. The van der Waals surface area contributed by atoms with Gasteiger partial charge < -0.3 is 33.7 Å². The van der Waals surface area contributed by atoms with E-state index in [1.54, 1.807) is 33.2 Å². The maximum atomic E-state index is 11.5. The van der Waals surface area contributed by atoms with Crippen molar-refractivity contribution in [3.8, 4) is 0 Å². The number of nitrogens with one attached hydrogen (secondary N) is 1. The van der Waals surface area contributed by atoms with Crippen molar-refractivity contribution in [1.29, 1.82) is 0 Å². The van der Waals surface area contributed by atoms with Crippen molar-refractivity contribution in [3.05, 3.63) is 36.0 Å². The van der Waals surface area contributed by atoms with Crippen molar-refractivity contribution in [1.82, 2.24) is 10.2 Å². The molecule has 3 saturated heterocycles. The highest BCUT2D eigenvalue weighted by atomic mass is 16.7. The van der Waals surface area contributed by atoms with Crippen molar-refractivity contribution in [2.75, 3.05) is 33.9 Å². The summed E-state index contributed by atoms with van der Waals surface area (Å²) in [5, 5.41) is 13.2. The Morgan fingerprint density at radius 3 is 2.57 bits per heavy atom. The number of nitrogens with zero attached hydrogens (tertiary/aromatic N) is 1. The van der Waals surface area contributed by atoms with Crippen molar-refractivity contribution in [2.24, 2.45) is 0 Å². The SMILES string of the molecule is CC(C=CC1CC2(CO2)CC(C)(C)O1)=CCC1OCC(NC(O)C=CC(C)OC(=O)N(C)C)CO1. The van der Waals surface area contributed by atoms with Gasteiger partial charge >= 0.3 is 6.09 Å². The quantitative estimate of drug-likeness (QED) is 0.218. The zero-order valence-corrected chi connectivity index (χ0v) is 21.9. The number of epoxide rings is 1. The first-order valence-corrected chi connectivity index (χ1v) is 12.4. The predicted octanol–water partition coefficient (Wildman–Crippen LogP) is 2.90. The van der Waals surface area contributed by atoms with Gasteiger partial charge in [0.15, 0.2) is 6.29 Å². The van der Waals surface area contributed by atoms with Crippen molar-refractivity contribution >= 4 is 6.09 Å². The normalized spacial score (nSPS) is 32.7. The number of rotatable bonds is 9. The molecule has 9 heteroatoms. The van der Waals surface area contributed by atoms with Crippen LogP contribution in [0.2, 0.25) is 0 Å². The summed E-state index contributed by atoms with van der Waals surface area (Å²) in [5.41, 5.74) is 0.972. The average molecular weight is 495 g/mol. The summed E-state index contributed by atoms with van der Waals surface area (Å²) in [7, 11) is 3.23. The number of amides is 1. The number of hydrogen-bond donors (Lipinski definition) is 2. The standard InChI is InChI=1S/C26H42N2O7/c1-18(7-10-21-13-26(17-33-26)16-25(3,4)35-21)8-12-23-31-14-20(15-32-23)27-22(29)11-9-19(2)34-24(30)28(5)6/h7-11,19-23,27,29H,12-17H2,1-6H3. The molecular formula is C26H42N2O7. The molecule has 198 valence electrons. The van der Waals surface area contributed by atoms with Crippen LogP contribution in [0.5, 0.6) is 0 Å². The Labute approximate surface area is 209 Å². The highest BCUT2D eigenvalue weighted by molar-refractivity contribution is 5.67. The lowest BCUT2D eigenvalue weighted by atomic mass is 9.85. The van der Waals surface area contributed by atoms with Gasteiger partial charge in [0, 0.05) is 33.4 Å². The fourth-order valence-corrected chi connectivity index (χ4v) is 4.38. The molecule has 4 unspecified atom stereocenters. The first-order chi connectivity index (χ1) is 16.5. The molecule has 35 heavy (non-hydrogen) atoms. The van der Waals surface area contributed by atoms with Gasteiger partial charge in [0.2, 0.25) is 0 Å². The zero-order chi connectivity index (χ0) is 25.6. The molecular weight excluding hydrogens is 452 g/mol. The van der Waals surface area contributed by atoms with E-state index < -0.39 is 18.4 Å². The van der Waals surface area contributed by atoms with E-state index >= 15 is 0 Å². The molecule has 0 aliphatic carbocycles. The van der Waals surface area contributed by atoms with Crippen LogP contribution in [-0.2, 0) is 23.7 Å². The summed E-state index contributed by atoms with van der Waals surface area (Å²) in [5.74, 6) is 0. The number of carbonyl (C=O) groups is 1. The molecule has 0 radical (unpaired) electrons. The van der Waals surface area contributed by atoms with Crippen LogP contribution in [0.4, 0.5) is 4.79 Å². The predicted molar refractivity (Wildman–Crippen MR) is 132 cm³/mol. The van der Waals surface area contributed by atoms with Gasteiger partial charge in [-0.15, -0.1) is 0 Å².